The largest absolute Gasteiger partial charge is 0.496 e. The Bertz CT molecular complexity index is 1070. The van der Waals surface area contributed by atoms with Gasteiger partial charge >= 0.3 is 0 Å². The van der Waals surface area contributed by atoms with Gasteiger partial charge in [-0.05, 0) is 62.5 Å². The predicted octanol–water partition coefficient (Wildman–Crippen LogP) is 3.61. The van der Waals surface area contributed by atoms with Crippen LogP contribution in [-0.2, 0) is 11.2 Å². The van der Waals surface area contributed by atoms with Gasteiger partial charge in [-0.15, -0.1) is 0 Å². The molecule has 0 fully saturated rings. The number of amides is 1. The lowest BCUT2D eigenvalue weighted by Crippen LogP contribution is -2.23. The summed E-state index contributed by atoms with van der Waals surface area (Å²) in [5.41, 5.74) is 3.06. The molecule has 2 aromatic carbocycles. The van der Waals surface area contributed by atoms with E-state index in [-0.39, 0.29) is 34.1 Å². The molecule has 0 radical (unpaired) electrons. The van der Waals surface area contributed by atoms with Gasteiger partial charge in [-0.1, -0.05) is 18.2 Å². The van der Waals surface area contributed by atoms with E-state index in [9.17, 15) is 14.4 Å². The van der Waals surface area contributed by atoms with Crippen molar-refractivity contribution in [3.05, 3.63) is 64.0 Å². The zero-order valence-electron chi connectivity index (χ0n) is 15.7. The van der Waals surface area contributed by atoms with Gasteiger partial charge < -0.3 is 10.1 Å². The second-order valence-electron chi connectivity index (χ2n) is 5.99. The highest BCUT2D eigenvalue weighted by Crippen LogP contribution is 2.23. The van der Waals surface area contributed by atoms with Crippen molar-refractivity contribution in [1.29, 1.82) is 0 Å². The van der Waals surface area contributed by atoms with Crippen LogP contribution in [0.3, 0.4) is 0 Å². The summed E-state index contributed by atoms with van der Waals surface area (Å²) in [5.74, 6) is -0.284. The predicted molar refractivity (Wildman–Crippen MR) is 109 cm³/mol. The summed E-state index contributed by atoms with van der Waals surface area (Å²) in [6.45, 7) is 0. The SMILES string of the molecule is COc1ccccc1CCC(=O)Nc1nonc1C(=Nc1ccc(F)c(Br)c1)NO. The van der Waals surface area contributed by atoms with Gasteiger partial charge in [0.25, 0.3) is 0 Å². The number of aromatic nitrogens is 2. The number of carbonyl (C=O) groups is 1. The number of hydrogen-bond acceptors (Lipinski definition) is 7. The molecular formula is C19H17BrFN5O4. The molecule has 3 aromatic rings. The summed E-state index contributed by atoms with van der Waals surface area (Å²) < 4.78 is 23.5. The molecule has 0 spiro atoms. The first-order valence-corrected chi connectivity index (χ1v) is 9.49. The smallest absolute Gasteiger partial charge is 0.226 e. The van der Waals surface area contributed by atoms with Crippen molar-refractivity contribution in [3.63, 3.8) is 0 Å². The number of aryl methyl sites for hydroxylation is 1. The Balaban J connectivity index is 1.72. The quantitative estimate of drug-likeness (QED) is 0.270. The average molecular weight is 478 g/mol. The van der Waals surface area contributed by atoms with Crippen molar-refractivity contribution < 1.29 is 23.8 Å². The van der Waals surface area contributed by atoms with Crippen LogP contribution in [0.15, 0.2) is 56.6 Å². The summed E-state index contributed by atoms with van der Waals surface area (Å²) in [5, 5.41) is 19.3. The molecule has 30 heavy (non-hydrogen) atoms. The normalized spacial score (nSPS) is 11.3. The zero-order chi connectivity index (χ0) is 21.5. The number of para-hydroxylation sites is 1. The van der Waals surface area contributed by atoms with Crippen molar-refractivity contribution >= 4 is 39.2 Å². The molecule has 0 atom stereocenters. The molecule has 0 aliphatic carbocycles. The standard InChI is InChI=1S/C19H17BrFN5O4/c1-29-15-5-3-2-4-11(15)6-9-16(27)23-19-17(25-30-26-19)18(24-28)22-12-7-8-14(21)13(20)10-12/h2-5,7-8,10,28H,6,9H2,1H3,(H,22,24)(H,23,26,27). The van der Waals surface area contributed by atoms with E-state index in [1.165, 1.54) is 18.2 Å². The van der Waals surface area contributed by atoms with E-state index in [0.717, 1.165) is 5.56 Å². The highest BCUT2D eigenvalue weighted by atomic mass is 79.9. The molecule has 0 aliphatic heterocycles. The fraction of sp³-hybridized carbons (Fsp3) is 0.158. The van der Waals surface area contributed by atoms with Gasteiger partial charge in [0.05, 0.1) is 17.3 Å². The van der Waals surface area contributed by atoms with Gasteiger partial charge in [-0.3, -0.25) is 15.5 Å². The van der Waals surface area contributed by atoms with Crippen LogP contribution in [0.25, 0.3) is 0 Å². The van der Waals surface area contributed by atoms with Gasteiger partial charge in [0.15, 0.2) is 11.5 Å². The average Bonchev–Trinajstić information content (AvgIpc) is 3.21. The third kappa shape index (κ3) is 5.19. The van der Waals surface area contributed by atoms with Gasteiger partial charge in [-0.2, -0.15) is 0 Å². The molecule has 156 valence electrons. The summed E-state index contributed by atoms with van der Waals surface area (Å²) in [4.78, 5) is 16.5. The maximum atomic E-state index is 13.4. The molecule has 3 N–H and O–H groups in total. The van der Waals surface area contributed by atoms with Crippen LogP contribution in [0, 0.1) is 5.82 Å². The van der Waals surface area contributed by atoms with Crippen LogP contribution < -0.4 is 15.5 Å². The van der Waals surface area contributed by atoms with E-state index in [1.807, 2.05) is 29.7 Å². The van der Waals surface area contributed by atoms with Gasteiger partial charge in [0, 0.05) is 6.42 Å². The number of ether oxygens (including phenoxy) is 1. The van der Waals surface area contributed by atoms with Crippen LogP contribution in [0.5, 0.6) is 5.75 Å². The first-order valence-electron chi connectivity index (χ1n) is 8.70. The van der Waals surface area contributed by atoms with Crippen molar-refractivity contribution in [2.75, 3.05) is 12.4 Å². The topological polar surface area (TPSA) is 122 Å². The summed E-state index contributed by atoms with van der Waals surface area (Å²) in [6.07, 6.45) is 0.593. The molecule has 9 nitrogen and oxygen atoms in total. The Morgan fingerprint density at radius 1 is 1.30 bits per heavy atom. The van der Waals surface area contributed by atoms with Gasteiger partial charge in [0.2, 0.25) is 11.7 Å². The molecule has 0 saturated carbocycles. The lowest BCUT2D eigenvalue weighted by atomic mass is 10.1. The molecule has 1 amide bonds. The third-order valence-electron chi connectivity index (χ3n) is 4.03. The second kappa shape index (κ2) is 9.94. The highest BCUT2D eigenvalue weighted by Gasteiger charge is 2.19. The Kier molecular flexibility index (Phi) is 7.09. The van der Waals surface area contributed by atoms with Crippen molar-refractivity contribution in [1.82, 2.24) is 15.8 Å². The fourth-order valence-electron chi connectivity index (χ4n) is 2.59. The van der Waals surface area contributed by atoms with Gasteiger partial charge in [-0.25, -0.2) is 14.0 Å². The van der Waals surface area contributed by atoms with E-state index in [2.05, 4.69) is 41.2 Å². The number of rotatable bonds is 7. The molecule has 0 unspecified atom stereocenters. The molecule has 11 heteroatoms. The number of hydroxylamine groups is 1. The number of aliphatic imine (C=N–C) groups is 1. The number of nitrogens with zero attached hydrogens (tertiary/aromatic N) is 3. The van der Waals surface area contributed by atoms with Crippen LogP contribution in [0.2, 0.25) is 0 Å². The van der Waals surface area contributed by atoms with Crippen LogP contribution in [-0.4, -0.2) is 34.4 Å². The van der Waals surface area contributed by atoms with Crippen LogP contribution >= 0.6 is 15.9 Å². The van der Waals surface area contributed by atoms with Crippen LogP contribution in [0.1, 0.15) is 17.7 Å². The number of nitrogens with one attached hydrogen (secondary N) is 2. The number of anilines is 1. The van der Waals surface area contributed by atoms with Crippen molar-refractivity contribution in [3.8, 4) is 5.75 Å². The molecule has 0 saturated heterocycles. The number of halogens is 2. The highest BCUT2D eigenvalue weighted by molar-refractivity contribution is 9.10. The first-order chi connectivity index (χ1) is 14.5. The Hall–Kier alpha value is -3.31. The maximum absolute atomic E-state index is 13.4. The Labute approximate surface area is 179 Å². The molecule has 1 aromatic heterocycles. The third-order valence-corrected chi connectivity index (χ3v) is 4.64. The number of amidine groups is 1. The Morgan fingerprint density at radius 2 is 2.10 bits per heavy atom. The van der Waals surface area contributed by atoms with E-state index < -0.39 is 5.82 Å². The number of benzene rings is 2. The fourth-order valence-corrected chi connectivity index (χ4v) is 2.96. The second-order valence-corrected chi connectivity index (χ2v) is 6.85. The lowest BCUT2D eigenvalue weighted by molar-refractivity contribution is -0.116. The van der Waals surface area contributed by atoms with E-state index in [0.29, 0.717) is 17.9 Å². The molecule has 0 bridgehead atoms. The number of carbonyl (C=O) groups excluding carboxylic acids is 1. The van der Waals surface area contributed by atoms with E-state index >= 15 is 0 Å². The van der Waals surface area contributed by atoms with E-state index in [4.69, 9.17) is 4.74 Å². The minimum atomic E-state index is -0.460. The summed E-state index contributed by atoms with van der Waals surface area (Å²) in [7, 11) is 1.56. The number of hydrogen-bond donors (Lipinski definition) is 3. The first kappa shape index (κ1) is 21.4. The van der Waals surface area contributed by atoms with Gasteiger partial charge in [0.1, 0.15) is 11.6 Å². The zero-order valence-corrected chi connectivity index (χ0v) is 17.3. The Morgan fingerprint density at radius 3 is 2.83 bits per heavy atom. The van der Waals surface area contributed by atoms with Crippen molar-refractivity contribution in [2.24, 2.45) is 4.99 Å². The minimum absolute atomic E-state index is 0.0245. The molecular weight excluding hydrogens is 461 g/mol. The lowest BCUT2D eigenvalue weighted by Gasteiger charge is -2.08. The van der Waals surface area contributed by atoms with Crippen molar-refractivity contribution in [2.45, 2.75) is 12.8 Å². The molecule has 3 rings (SSSR count). The summed E-state index contributed by atoms with van der Waals surface area (Å²) in [6, 6.07) is 11.4. The number of methoxy groups -OCH3 is 1. The monoisotopic (exact) mass is 477 g/mol. The van der Waals surface area contributed by atoms with E-state index in [1.54, 1.807) is 7.11 Å². The maximum Gasteiger partial charge on any atom is 0.226 e. The molecule has 0 aliphatic rings. The molecule has 1 heterocycles. The minimum Gasteiger partial charge on any atom is -0.496 e. The summed E-state index contributed by atoms with van der Waals surface area (Å²) >= 11 is 3.06. The van der Waals surface area contributed by atoms with Crippen LogP contribution in [0.4, 0.5) is 15.9 Å².